The highest BCUT2D eigenvalue weighted by atomic mass is 16.2. The average molecular weight is 352 g/mol. The Morgan fingerprint density at radius 2 is 1.50 bits per heavy atom. The Morgan fingerprint density at radius 1 is 0.923 bits per heavy atom. The zero-order valence-corrected chi connectivity index (χ0v) is 16.3. The van der Waals surface area contributed by atoms with E-state index in [0.717, 1.165) is 28.8 Å². The molecule has 2 rings (SSSR count). The molecule has 0 heterocycles. The van der Waals surface area contributed by atoms with Gasteiger partial charge in [-0.05, 0) is 62.4 Å². The van der Waals surface area contributed by atoms with Gasteiger partial charge in [0, 0.05) is 23.4 Å². The van der Waals surface area contributed by atoms with E-state index >= 15 is 0 Å². The maximum absolute atomic E-state index is 12.6. The van der Waals surface area contributed by atoms with E-state index < -0.39 is 0 Å². The van der Waals surface area contributed by atoms with Crippen LogP contribution in [0.2, 0.25) is 0 Å². The fourth-order valence-electron chi connectivity index (χ4n) is 2.94. The Kier molecular flexibility index (Phi) is 6.56. The highest BCUT2D eigenvalue weighted by Crippen LogP contribution is 2.22. The molecule has 0 fully saturated rings. The van der Waals surface area contributed by atoms with E-state index in [-0.39, 0.29) is 11.8 Å². The third-order valence-corrected chi connectivity index (χ3v) is 4.31. The molecule has 0 saturated carbocycles. The summed E-state index contributed by atoms with van der Waals surface area (Å²) >= 11 is 0. The number of aryl methyl sites for hydroxylation is 3. The van der Waals surface area contributed by atoms with Gasteiger partial charge in [-0.2, -0.15) is 0 Å². The van der Waals surface area contributed by atoms with E-state index in [0.29, 0.717) is 23.6 Å². The molecule has 4 nitrogen and oxygen atoms in total. The van der Waals surface area contributed by atoms with Gasteiger partial charge in [-0.25, -0.2) is 0 Å². The van der Waals surface area contributed by atoms with Gasteiger partial charge in [0.25, 0.3) is 11.8 Å². The molecule has 2 aromatic rings. The van der Waals surface area contributed by atoms with Crippen molar-refractivity contribution in [3.05, 3.63) is 64.2 Å². The fraction of sp³-hybridized carbons (Fsp3) is 0.364. The van der Waals surface area contributed by atoms with Gasteiger partial charge in [0.15, 0.2) is 0 Å². The Bertz CT molecular complexity index is 787. The first-order valence-electron chi connectivity index (χ1n) is 9.05. The van der Waals surface area contributed by atoms with Crippen LogP contribution in [0.4, 0.5) is 5.69 Å². The van der Waals surface area contributed by atoms with E-state index in [9.17, 15) is 9.59 Å². The summed E-state index contributed by atoms with van der Waals surface area (Å²) in [6.07, 6.45) is 0.928. The van der Waals surface area contributed by atoms with Crippen LogP contribution < -0.4 is 10.6 Å². The topological polar surface area (TPSA) is 58.2 Å². The van der Waals surface area contributed by atoms with E-state index in [1.807, 2.05) is 32.9 Å². The minimum atomic E-state index is -0.211. The van der Waals surface area contributed by atoms with Crippen molar-refractivity contribution in [2.45, 2.75) is 41.0 Å². The molecule has 0 radical (unpaired) electrons. The zero-order valence-electron chi connectivity index (χ0n) is 16.3. The second kappa shape index (κ2) is 8.65. The monoisotopic (exact) mass is 352 g/mol. The van der Waals surface area contributed by atoms with Gasteiger partial charge in [0.05, 0.1) is 0 Å². The normalized spacial score (nSPS) is 10.7. The first-order chi connectivity index (χ1) is 12.3. The molecule has 0 saturated heterocycles. The van der Waals surface area contributed by atoms with Gasteiger partial charge in [0.2, 0.25) is 0 Å². The highest BCUT2D eigenvalue weighted by Gasteiger charge is 2.13. The molecular formula is C22H28N2O2. The molecule has 0 aliphatic heterocycles. The molecule has 0 atom stereocenters. The summed E-state index contributed by atoms with van der Waals surface area (Å²) < 4.78 is 0. The van der Waals surface area contributed by atoms with Crippen molar-refractivity contribution in [3.8, 4) is 0 Å². The molecule has 2 aromatic carbocycles. The lowest BCUT2D eigenvalue weighted by molar-refractivity contribution is 0.0952. The summed E-state index contributed by atoms with van der Waals surface area (Å²) in [5, 5.41) is 5.88. The Hall–Kier alpha value is -2.62. The molecule has 0 bridgehead atoms. The van der Waals surface area contributed by atoms with Gasteiger partial charge in [0.1, 0.15) is 0 Å². The maximum Gasteiger partial charge on any atom is 0.255 e. The molecule has 2 amide bonds. The van der Waals surface area contributed by atoms with Crippen molar-refractivity contribution in [2.75, 3.05) is 11.9 Å². The second-order valence-corrected chi connectivity index (χ2v) is 7.25. The fourth-order valence-corrected chi connectivity index (χ4v) is 2.94. The van der Waals surface area contributed by atoms with Crippen LogP contribution in [0.5, 0.6) is 0 Å². The van der Waals surface area contributed by atoms with Crippen LogP contribution in [-0.2, 0) is 0 Å². The van der Waals surface area contributed by atoms with E-state index in [1.54, 1.807) is 24.3 Å². The summed E-state index contributed by atoms with van der Waals surface area (Å²) in [5.74, 6) is 0.174. The zero-order chi connectivity index (χ0) is 19.3. The number of rotatable bonds is 6. The quantitative estimate of drug-likeness (QED) is 0.796. The number of carbonyl (C=O) groups is 2. The van der Waals surface area contributed by atoms with Crippen LogP contribution in [0.1, 0.15) is 57.7 Å². The molecule has 0 spiro atoms. The van der Waals surface area contributed by atoms with Crippen LogP contribution in [0.15, 0.2) is 36.4 Å². The van der Waals surface area contributed by atoms with Crippen molar-refractivity contribution in [3.63, 3.8) is 0 Å². The SMILES string of the molecule is Cc1cc(C)c(NC(=O)c2cccc(C(=O)NCCC(C)C)c2)c(C)c1. The third-order valence-electron chi connectivity index (χ3n) is 4.31. The summed E-state index contributed by atoms with van der Waals surface area (Å²) in [6, 6.07) is 10.9. The van der Waals surface area contributed by atoms with Crippen molar-refractivity contribution in [1.82, 2.24) is 5.32 Å². The maximum atomic E-state index is 12.6. The molecule has 26 heavy (non-hydrogen) atoms. The van der Waals surface area contributed by atoms with E-state index in [4.69, 9.17) is 0 Å². The number of nitrogens with one attached hydrogen (secondary N) is 2. The molecule has 0 unspecified atom stereocenters. The lowest BCUT2D eigenvalue weighted by atomic mass is 10.0. The van der Waals surface area contributed by atoms with Crippen molar-refractivity contribution < 1.29 is 9.59 Å². The van der Waals surface area contributed by atoms with Crippen LogP contribution in [0.25, 0.3) is 0 Å². The van der Waals surface area contributed by atoms with Crippen LogP contribution in [0, 0.1) is 26.7 Å². The predicted octanol–water partition coefficient (Wildman–Crippen LogP) is 4.64. The first-order valence-corrected chi connectivity index (χ1v) is 9.05. The lowest BCUT2D eigenvalue weighted by Gasteiger charge is -2.13. The highest BCUT2D eigenvalue weighted by molar-refractivity contribution is 6.06. The lowest BCUT2D eigenvalue weighted by Crippen LogP contribution is -2.25. The number of carbonyl (C=O) groups excluding carboxylic acids is 2. The Balaban J connectivity index is 2.12. The van der Waals surface area contributed by atoms with Crippen molar-refractivity contribution in [2.24, 2.45) is 5.92 Å². The van der Waals surface area contributed by atoms with Gasteiger partial charge in [-0.15, -0.1) is 0 Å². The van der Waals surface area contributed by atoms with Crippen molar-refractivity contribution in [1.29, 1.82) is 0 Å². The number of hydrogen-bond donors (Lipinski definition) is 2. The standard InChI is InChI=1S/C22H28N2O2/c1-14(2)9-10-23-21(25)18-7-6-8-19(13-18)22(26)24-20-16(4)11-15(3)12-17(20)5/h6-8,11-14H,9-10H2,1-5H3,(H,23,25)(H,24,26). The van der Waals surface area contributed by atoms with Crippen molar-refractivity contribution >= 4 is 17.5 Å². The third kappa shape index (κ3) is 5.19. The van der Waals surface area contributed by atoms with Gasteiger partial charge >= 0.3 is 0 Å². The van der Waals surface area contributed by atoms with Gasteiger partial charge in [-0.1, -0.05) is 37.6 Å². The second-order valence-electron chi connectivity index (χ2n) is 7.25. The number of hydrogen-bond acceptors (Lipinski definition) is 2. The van der Waals surface area contributed by atoms with Crippen LogP contribution in [0.3, 0.4) is 0 Å². The predicted molar refractivity (Wildman–Crippen MR) is 107 cm³/mol. The molecule has 4 heteroatoms. The van der Waals surface area contributed by atoms with Gasteiger partial charge < -0.3 is 10.6 Å². The Labute approximate surface area is 156 Å². The van der Waals surface area contributed by atoms with E-state index in [1.165, 1.54) is 0 Å². The first kappa shape index (κ1) is 19.7. The molecular weight excluding hydrogens is 324 g/mol. The largest absolute Gasteiger partial charge is 0.352 e. The van der Waals surface area contributed by atoms with Crippen LogP contribution in [-0.4, -0.2) is 18.4 Å². The number of amides is 2. The molecule has 0 aliphatic rings. The number of anilines is 1. The minimum absolute atomic E-state index is 0.150. The Morgan fingerprint density at radius 3 is 2.08 bits per heavy atom. The van der Waals surface area contributed by atoms with Crippen LogP contribution >= 0.6 is 0 Å². The summed E-state index contributed by atoms with van der Waals surface area (Å²) in [6.45, 7) is 10.9. The summed E-state index contributed by atoms with van der Waals surface area (Å²) in [5.41, 5.74) is 5.02. The summed E-state index contributed by atoms with van der Waals surface area (Å²) in [4.78, 5) is 24.9. The van der Waals surface area contributed by atoms with Gasteiger partial charge in [-0.3, -0.25) is 9.59 Å². The average Bonchev–Trinajstić information content (AvgIpc) is 2.57. The molecule has 0 aliphatic carbocycles. The molecule has 0 aromatic heterocycles. The smallest absolute Gasteiger partial charge is 0.255 e. The van der Waals surface area contributed by atoms with E-state index in [2.05, 4.69) is 24.5 Å². The molecule has 138 valence electrons. The molecule has 2 N–H and O–H groups in total. The summed E-state index contributed by atoms with van der Waals surface area (Å²) in [7, 11) is 0. The number of benzene rings is 2. The minimum Gasteiger partial charge on any atom is -0.352 e.